The molecule has 230 valence electrons. The van der Waals surface area contributed by atoms with E-state index in [0.717, 1.165) is 25.8 Å². The summed E-state index contributed by atoms with van der Waals surface area (Å²) in [4.78, 5) is 0. The number of hydrogen-bond donors (Lipinski definition) is 0. The molecule has 0 aromatic heterocycles. The van der Waals surface area contributed by atoms with Crippen molar-refractivity contribution in [2.24, 2.45) is 0 Å². The monoisotopic (exact) mass is 567 g/mol. The lowest BCUT2D eigenvalue weighted by Crippen LogP contribution is -2.32. The molecule has 0 aliphatic rings. The van der Waals surface area contributed by atoms with E-state index in [1.165, 1.54) is 116 Å². The maximum atomic E-state index is 11.2. The van der Waals surface area contributed by atoms with Crippen molar-refractivity contribution in [3.8, 4) is 0 Å². The Labute approximate surface area is 244 Å². The van der Waals surface area contributed by atoms with Crippen LogP contribution in [-0.4, -0.2) is 29.8 Å². The zero-order chi connectivity index (χ0) is 28.9. The van der Waals surface area contributed by atoms with Crippen molar-refractivity contribution in [3.05, 3.63) is 36.8 Å². The minimum atomic E-state index is -4.16. The maximum absolute atomic E-state index is 11.2. The molecule has 4 nitrogen and oxygen atoms in total. The molecule has 0 rings (SSSR count). The zero-order valence-electron chi connectivity index (χ0n) is 26.2. The predicted molar refractivity (Wildman–Crippen MR) is 170 cm³/mol. The highest BCUT2D eigenvalue weighted by Gasteiger charge is 2.18. The SMILES string of the molecule is CCCCCCCC/C=C/[N+](/C=C/CCCCCCCC)(/C=C/CCCCCCCC)CCCCS(=O)(=O)[O-]. The first-order chi connectivity index (χ1) is 18.9. The van der Waals surface area contributed by atoms with Crippen LogP contribution in [0.15, 0.2) is 36.8 Å². The van der Waals surface area contributed by atoms with Gasteiger partial charge in [0.2, 0.25) is 0 Å². The van der Waals surface area contributed by atoms with Gasteiger partial charge in [0.05, 0.1) is 16.7 Å². The minimum absolute atomic E-state index is 0.266. The summed E-state index contributed by atoms with van der Waals surface area (Å²) >= 11 is 0. The Balaban J connectivity index is 5.24. The fourth-order valence-corrected chi connectivity index (χ4v) is 5.53. The number of nitrogens with zero attached hydrogens (tertiary/aromatic N) is 1. The van der Waals surface area contributed by atoms with Crippen molar-refractivity contribution >= 4 is 10.1 Å². The fraction of sp³-hybridized carbons (Fsp3) is 0.824. The largest absolute Gasteiger partial charge is 0.748 e. The number of unbranched alkanes of at least 4 members (excludes halogenated alkanes) is 19. The number of hydrogen-bond acceptors (Lipinski definition) is 3. The smallest absolute Gasteiger partial charge is 0.101 e. The maximum Gasteiger partial charge on any atom is 0.101 e. The van der Waals surface area contributed by atoms with Gasteiger partial charge in [-0.15, -0.1) is 0 Å². The summed E-state index contributed by atoms with van der Waals surface area (Å²) in [7, 11) is -4.16. The third kappa shape index (κ3) is 27.0. The fourth-order valence-electron chi connectivity index (χ4n) is 4.98. The van der Waals surface area contributed by atoms with Gasteiger partial charge in [0.25, 0.3) is 0 Å². The summed E-state index contributed by atoms with van der Waals surface area (Å²) in [5, 5.41) is 0. The first kappa shape index (κ1) is 38.1. The second kappa shape index (κ2) is 27.3. The molecule has 39 heavy (non-hydrogen) atoms. The van der Waals surface area contributed by atoms with E-state index in [2.05, 4.69) is 57.6 Å². The zero-order valence-corrected chi connectivity index (χ0v) is 27.0. The Hall–Kier alpha value is -0.910. The molecule has 0 spiro atoms. The summed E-state index contributed by atoms with van der Waals surface area (Å²) in [5.74, 6) is -0.266. The molecule has 0 aromatic rings. The number of rotatable bonds is 29. The Bertz CT molecular complexity index is 647. The Morgan fingerprint density at radius 1 is 0.487 bits per heavy atom. The van der Waals surface area contributed by atoms with Gasteiger partial charge in [0.1, 0.15) is 18.6 Å². The van der Waals surface area contributed by atoms with Crippen LogP contribution in [0.5, 0.6) is 0 Å². The molecule has 0 heterocycles. The topological polar surface area (TPSA) is 57.2 Å². The molecule has 0 radical (unpaired) electrons. The van der Waals surface area contributed by atoms with Gasteiger partial charge < -0.3 is 4.55 Å². The van der Waals surface area contributed by atoms with Gasteiger partial charge >= 0.3 is 0 Å². The van der Waals surface area contributed by atoms with Crippen LogP contribution >= 0.6 is 0 Å². The second-order valence-electron chi connectivity index (χ2n) is 11.5. The Morgan fingerprint density at radius 3 is 1.15 bits per heavy atom. The summed E-state index contributed by atoms with van der Waals surface area (Å²) in [6, 6.07) is 0. The van der Waals surface area contributed by atoms with E-state index < -0.39 is 10.1 Å². The quantitative estimate of drug-likeness (QED) is 0.0513. The molecule has 0 fully saturated rings. The van der Waals surface area contributed by atoms with E-state index in [4.69, 9.17) is 0 Å². The van der Waals surface area contributed by atoms with E-state index in [-0.39, 0.29) is 5.75 Å². The van der Waals surface area contributed by atoms with Crippen molar-refractivity contribution in [1.29, 1.82) is 0 Å². The third-order valence-electron chi connectivity index (χ3n) is 7.51. The Morgan fingerprint density at radius 2 is 0.821 bits per heavy atom. The molecule has 0 atom stereocenters. The van der Waals surface area contributed by atoms with Gasteiger partial charge in [-0.3, -0.25) is 0 Å². The van der Waals surface area contributed by atoms with Crippen molar-refractivity contribution in [1.82, 2.24) is 0 Å². The molecule has 0 saturated heterocycles. The van der Waals surface area contributed by atoms with Gasteiger partial charge in [-0.25, -0.2) is 12.9 Å². The van der Waals surface area contributed by atoms with Crippen LogP contribution in [0.1, 0.15) is 168 Å². The van der Waals surface area contributed by atoms with Crippen molar-refractivity contribution in [2.75, 3.05) is 12.3 Å². The molecule has 0 aliphatic heterocycles. The van der Waals surface area contributed by atoms with E-state index in [9.17, 15) is 13.0 Å². The highest BCUT2D eigenvalue weighted by Crippen LogP contribution is 2.19. The number of allylic oxidation sites excluding steroid dienone is 3. The van der Waals surface area contributed by atoms with Crippen molar-refractivity contribution in [3.63, 3.8) is 0 Å². The highest BCUT2D eigenvalue weighted by molar-refractivity contribution is 7.85. The van der Waals surface area contributed by atoms with E-state index in [0.29, 0.717) is 17.3 Å². The van der Waals surface area contributed by atoms with Crippen molar-refractivity contribution in [2.45, 2.75) is 168 Å². The molecule has 0 aliphatic carbocycles. The van der Waals surface area contributed by atoms with Gasteiger partial charge in [0.15, 0.2) is 0 Å². The van der Waals surface area contributed by atoms with Crippen LogP contribution in [-0.2, 0) is 10.1 Å². The first-order valence-electron chi connectivity index (χ1n) is 16.7. The van der Waals surface area contributed by atoms with Crippen LogP contribution in [0.2, 0.25) is 0 Å². The van der Waals surface area contributed by atoms with Gasteiger partial charge in [-0.1, -0.05) is 117 Å². The average Bonchev–Trinajstić information content (AvgIpc) is 2.90. The predicted octanol–water partition coefficient (Wildman–Crippen LogP) is 10.9. The van der Waals surface area contributed by atoms with Gasteiger partial charge in [-0.2, -0.15) is 0 Å². The lowest BCUT2D eigenvalue weighted by molar-refractivity contribution is -0.774. The van der Waals surface area contributed by atoms with E-state index >= 15 is 0 Å². The van der Waals surface area contributed by atoms with Crippen LogP contribution in [0.3, 0.4) is 0 Å². The normalized spacial score (nSPS) is 13.0. The molecule has 0 bridgehead atoms. The third-order valence-corrected chi connectivity index (χ3v) is 8.30. The highest BCUT2D eigenvalue weighted by atomic mass is 32.2. The molecular formula is C34H65NO3S. The number of quaternary nitrogens is 1. The lowest BCUT2D eigenvalue weighted by atomic mass is 10.1. The average molecular weight is 568 g/mol. The lowest BCUT2D eigenvalue weighted by Gasteiger charge is -2.27. The Kier molecular flexibility index (Phi) is 26.6. The summed E-state index contributed by atoms with van der Waals surface area (Å²) < 4.78 is 34.1. The molecule has 0 unspecified atom stereocenters. The van der Waals surface area contributed by atoms with Crippen LogP contribution < -0.4 is 0 Å². The minimum Gasteiger partial charge on any atom is -0.748 e. The molecule has 5 heteroatoms. The molecular weight excluding hydrogens is 502 g/mol. The van der Waals surface area contributed by atoms with Crippen molar-refractivity contribution < 1.29 is 17.5 Å². The summed E-state index contributed by atoms with van der Waals surface area (Å²) in [5.41, 5.74) is 0. The molecule has 0 amide bonds. The summed E-state index contributed by atoms with van der Waals surface area (Å²) in [6.45, 7) is 7.56. The van der Waals surface area contributed by atoms with Gasteiger partial charge in [0, 0.05) is 5.75 Å². The molecule has 0 saturated carbocycles. The second-order valence-corrected chi connectivity index (χ2v) is 13.0. The molecule has 0 aromatic carbocycles. The van der Waals surface area contributed by atoms with E-state index in [1.54, 1.807) is 0 Å². The first-order valence-corrected chi connectivity index (χ1v) is 18.3. The standard InChI is InChI=1S/C34H65NO3S/c1-4-7-10-13-16-19-22-25-30-35(33-28-29-34-39(36,37)38,31-26-23-20-17-14-11-8-5-2)32-27-24-21-18-15-12-9-6-3/h25-27,30-32H,4-24,28-29,33-34H2,1-3H3/b30-25+,31-26+,32-27+. The van der Waals surface area contributed by atoms with E-state index in [1.807, 2.05) is 0 Å². The van der Waals surface area contributed by atoms with Gasteiger partial charge in [-0.05, 0) is 69.6 Å². The van der Waals surface area contributed by atoms with Crippen LogP contribution in [0.4, 0.5) is 0 Å². The van der Waals surface area contributed by atoms with Crippen LogP contribution in [0.25, 0.3) is 0 Å². The van der Waals surface area contributed by atoms with Crippen LogP contribution in [0, 0.1) is 0 Å². The molecule has 0 N–H and O–H groups in total. The summed E-state index contributed by atoms with van der Waals surface area (Å²) in [6.07, 6.45) is 41.6.